The van der Waals surface area contributed by atoms with Crippen molar-refractivity contribution in [1.82, 2.24) is 20.9 Å². The van der Waals surface area contributed by atoms with Crippen molar-refractivity contribution in [3.05, 3.63) is 35.7 Å². The van der Waals surface area contributed by atoms with Gasteiger partial charge < -0.3 is 9.84 Å². The third-order valence-corrected chi connectivity index (χ3v) is 2.64. The maximum Gasteiger partial charge on any atom is 0.471 e. The number of nitrogens with one attached hydrogen (secondary N) is 2. The zero-order chi connectivity index (χ0) is 16.9. The van der Waals surface area contributed by atoms with Crippen molar-refractivity contribution in [2.45, 2.75) is 19.6 Å². The zero-order valence-electron chi connectivity index (χ0n) is 12.0. The summed E-state index contributed by atoms with van der Waals surface area (Å²) < 4.78 is 41.3. The molecule has 1 heterocycles. The molecule has 0 aliphatic rings. The van der Waals surface area contributed by atoms with Gasteiger partial charge >= 0.3 is 18.1 Å². The Morgan fingerprint density at radius 2 is 2.00 bits per heavy atom. The molecular formula is C13H13F3N4O3. The van der Waals surface area contributed by atoms with Gasteiger partial charge in [-0.05, 0) is 12.5 Å². The van der Waals surface area contributed by atoms with Gasteiger partial charge in [-0.3, -0.25) is 4.84 Å². The first-order chi connectivity index (χ1) is 10.9. The number of urea groups is 1. The molecule has 2 rings (SSSR count). The van der Waals surface area contributed by atoms with Gasteiger partial charge in [-0.2, -0.15) is 18.2 Å². The van der Waals surface area contributed by atoms with Gasteiger partial charge in [0.05, 0.1) is 6.61 Å². The SMILES string of the molecule is CCONC(=O)NCc1ccc(-c2noc(C(F)(F)F)n2)cc1. The van der Waals surface area contributed by atoms with Crippen LogP contribution in [0.5, 0.6) is 0 Å². The minimum atomic E-state index is -4.68. The Labute approximate surface area is 128 Å². The van der Waals surface area contributed by atoms with E-state index in [2.05, 4.69) is 25.5 Å². The number of benzene rings is 1. The average molecular weight is 330 g/mol. The molecule has 0 aliphatic carbocycles. The predicted molar refractivity (Wildman–Crippen MR) is 71.7 cm³/mol. The molecule has 0 saturated carbocycles. The summed E-state index contributed by atoms with van der Waals surface area (Å²) in [5.74, 6) is -1.56. The molecule has 2 N–H and O–H groups in total. The molecule has 1 aromatic carbocycles. The molecule has 124 valence electrons. The maximum atomic E-state index is 12.4. The van der Waals surface area contributed by atoms with Crippen molar-refractivity contribution in [3.63, 3.8) is 0 Å². The fraction of sp³-hybridized carbons (Fsp3) is 0.308. The summed E-state index contributed by atoms with van der Waals surface area (Å²) in [5, 5.41) is 5.83. The van der Waals surface area contributed by atoms with Crippen LogP contribution in [-0.4, -0.2) is 22.8 Å². The van der Waals surface area contributed by atoms with Crippen molar-refractivity contribution >= 4 is 6.03 Å². The summed E-state index contributed by atoms with van der Waals surface area (Å²) in [4.78, 5) is 19.3. The van der Waals surface area contributed by atoms with Gasteiger partial charge in [0, 0.05) is 12.1 Å². The largest absolute Gasteiger partial charge is 0.471 e. The molecule has 10 heteroatoms. The summed E-state index contributed by atoms with van der Waals surface area (Å²) >= 11 is 0. The number of hydroxylamine groups is 1. The topological polar surface area (TPSA) is 89.3 Å². The lowest BCUT2D eigenvalue weighted by Crippen LogP contribution is -2.34. The van der Waals surface area contributed by atoms with Crippen LogP contribution in [0.4, 0.5) is 18.0 Å². The first-order valence-electron chi connectivity index (χ1n) is 6.56. The van der Waals surface area contributed by atoms with Crippen LogP contribution in [-0.2, 0) is 17.6 Å². The molecule has 0 unspecified atom stereocenters. The average Bonchev–Trinajstić information content (AvgIpc) is 3.01. The number of halogens is 3. The first-order valence-corrected chi connectivity index (χ1v) is 6.56. The molecule has 0 radical (unpaired) electrons. The third kappa shape index (κ3) is 4.68. The molecule has 1 aromatic heterocycles. The Balaban J connectivity index is 1.97. The lowest BCUT2D eigenvalue weighted by atomic mass is 10.1. The van der Waals surface area contributed by atoms with Crippen LogP contribution in [0, 0.1) is 0 Å². The van der Waals surface area contributed by atoms with E-state index >= 15 is 0 Å². The highest BCUT2D eigenvalue weighted by Crippen LogP contribution is 2.29. The second-order valence-electron chi connectivity index (χ2n) is 4.34. The number of carbonyl (C=O) groups excluding carboxylic acids is 1. The van der Waals surface area contributed by atoms with Crippen molar-refractivity contribution in [3.8, 4) is 11.4 Å². The van der Waals surface area contributed by atoms with Crippen molar-refractivity contribution in [1.29, 1.82) is 0 Å². The lowest BCUT2D eigenvalue weighted by Gasteiger charge is -2.06. The molecular weight excluding hydrogens is 317 g/mol. The number of hydrogen-bond donors (Lipinski definition) is 2. The lowest BCUT2D eigenvalue weighted by molar-refractivity contribution is -0.159. The molecule has 2 aromatic rings. The summed E-state index contributed by atoms with van der Waals surface area (Å²) in [6, 6.07) is 5.81. The van der Waals surface area contributed by atoms with Crippen LogP contribution in [0.3, 0.4) is 0 Å². The number of rotatable bonds is 5. The van der Waals surface area contributed by atoms with E-state index in [1.54, 1.807) is 19.1 Å². The van der Waals surface area contributed by atoms with E-state index in [0.717, 1.165) is 5.56 Å². The summed E-state index contributed by atoms with van der Waals surface area (Å²) in [7, 11) is 0. The highest BCUT2D eigenvalue weighted by molar-refractivity contribution is 5.72. The van der Waals surface area contributed by atoms with Crippen LogP contribution in [0.1, 0.15) is 18.4 Å². The Morgan fingerprint density at radius 1 is 1.30 bits per heavy atom. The van der Waals surface area contributed by atoms with Crippen molar-refractivity contribution in [2.75, 3.05) is 6.61 Å². The Hall–Kier alpha value is -2.62. The van der Waals surface area contributed by atoms with E-state index in [9.17, 15) is 18.0 Å². The van der Waals surface area contributed by atoms with Gasteiger partial charge in [0.25, 0.3) is 0 Å². The fourth-order valence-electron chi connectivity index (χ4n) is 1.58. The van der Waals surface area contributed by atoms with E-state index in [0.29, 0.717) is 12.2 Å². The number of carbonyl (C=O) groups is 1. The monoisotopic (exact) mass is 330 g/mol. The quantitative estimate of drug-likeness (QED) is 0.822. The van der Waals surface area contributed by atoms with Crippen LogP contribution >= 0.6 is 0 Å². The van der Waals surface area contributed by atoms with E-state index in [4.69, 9.17) is 4.84 Å². The number of amides is 2. The second-order valence-corrected chi connectivity index (χ2v) is 4.34. The van der Waals surface area contributed by atoms with Crippen LogP contribution in [0.15, 0.2) is 28.8 Å². The summed E-state index contributed by atoms with van der Waals surface area (Å²) in [6.07, 6.45) is -4.68. The van der Waals surface area contributed by atoms with E-state index in [1.165, 1.54) is 12.1 Å². The standard InChI is InChI=1S/C13H13F3N4O3/c1-2-22-20-12(21)17-7-8-3-5-9(6-4-8)10-18-11(23-19-10)13(14,15)16/h3-6H,2,7H2,1H3,(H2,17,20,21). The minimum Gasteiger partial charge on any atom is -0.332 e. The van der Waals surface area contributed by atoms with Crippen LogP contribution < -0.4 is 10.8 Å². The molecule has 0 atom stereocenters. The van der Waals surface area contributed by atoms with Gasteiger partial charge in [0.15, 0.2) is 0 Å². The first kappa shape index (κ1) is 16.7. The predicted octanol–water partition coefficient (Wildman–Crippen LogP) is 2.51. The summed E-state index contributed by atoms with van der Waals surface area (Å²) in [6.45, 7) is 2.28. The highest BCUT2D eigenvalue weighted by Gasteiger charge is 2.38. The maximum absolute atomic E-state index is 12.4. The second kappa shape index (κ2) is 7.09. The molecule has 0 aliphatic heterocycles. The van der Waals surface area contributed by atoms with E-state index in [-0.39, 0.29) is 12.4 Å². The smallest absolute Gasteiger partial charge is 0.332 e. The molecule has 23 heavy (non-hydrogen) atoms. The molecule has 0 saturated heterocycles. The third-order valence-electron chi connectivity index (χ3n) is 2.64. The van der Waals surface area contributed by atoms with E-state index in [1.807, 2.05) is 0 Å². The molecule has 2 amide bonds. The summed E-state index contributed by atoms with van der Waals surface area (Å²) in [5.41, 5.74) is 3.27. The number of hydrogen-bond acceptors (Lipinski definition) is 5. The Kier molecular flexibility index (Phi) is 5.16. The fourth-order valence-corrected chi connectivity index (χ4v) is 1.58. The van der Waals surface area contributed by atoms with Gasteiger partial charge in [-0.15, -0.1) is 0 Å². The van der Waals surface area contributed by atoms with Crippen molar-refractivity contribution < 1.29 is 27.3 Å². The highest BCUT2D eigenvalue weighted by atomic mass is 19.4. The number of nitrogens with zero attached hydrogens (tertiary/aromatic N) is 2. The molecule has 0 spiro atoms. The van der Waals surface area contributed by atoms with Crippen LogP contribution in [0.2, 0.25) is 0 Å². The Morgan fingerprint density at radius 3 is 2.57 bits per heavy atom. The minimum absolute atomic E-state index is 0.161. The normalized spacial score (nSPS) is 11.3. The number of alkyl halides is 3. The van der Waals surface area contributed by atoms with Crippen molar-refractivity contribution in [2.24, 2.45) is 0 Å². The molecule has 7 nitrogen and oxygen atoms in total. The van der Waals surface area contributed by atoms with Gasteiger partial charge in [0.2, 0.25) is 5.82 Å². The van der Waals surface area contributed by atoms with Gasteiger partial charge in [0.1, 0.15) is 0 Å². The zero-order valence-corrected chi connectivity index (χ0v) is 12.0. The van der Waals surface area contributed by atoms with Gasteiger partial charge in [-0.25, -0.2) is 10.3 Å². The number of aromatic nitrogens is 2. The van der Waals surface area contributed by atoms with Crippen LogP contribution in [0.25, 0.3) is 11.4 Å². The van der Waals surface area contributed by atoms with E-state index < -0.39 is 18.1 Å². The molecule has 0 bridgehead atoms. The Bertz CT molecular complexity index is 655. The molecule has 0 fully saturated rings. The van der Waals surface area contributed by atoms with Gasteiger partial charge in [-0.1, -0.05) is 29.4 Å².